The van der Waals surface area contributed by atoms with Gasteiger partial charge in [0.2, 0.25) is 0 Å². The van der Waals surface area contributed by atoms with Crippen LogP contribution < -0.4 is 5.73 Å². The van der Waals surface area contributed by atoms with Gasteiger partial charge in [-0.05, 0) is 43.5 Å². The van der Waals surface area contributed by atoms with Crippen molar-refractivity contribution in [1.29, 1.82) is 0 Å². The van der Waals surface area contributed by atoms with Gasteiger partial charge in [0.15, 0.2) is 0 Å². The van der Waals surface area contributed by atoms with Crippen LogP contribution in [0.15, 0.2) is 27.8 Å². The maximum Gasteiger partial charge on any atom is 0.254 e. The average molecular weight is 340 g/mol. The van der Waals surface area contributed by atoms with E-state index in [1.54, 1.807) is 0 Å². The first-order valence-corrected chi connectivity index (χ1v) is 7.35. The van der Waals surface area contributed by atoms with Gasteiger partial charge in [-0.2, -0.15) is 0 Å². The molecule has 0 heterocycles. The first-order valence-electron chi connectivity index (χ1n) is 6.56. The van der Waals surface area contributed by atoms with Crippen LogP contribution in [0.25, 0.3) is 0 Å². The summed E-state index contributed by atoms with van der Waals surface area (Å²) < 4.78 is 0.896. The van der Waals surface area contributed by atoms with E-state index in [0.717, 1.165) is 22.9 Å². The lowest BCUT2D eigenvalue weighted by Crippen LogP contribution is -2.36. The summed E-state index contributed by atoms with van der Waals surface area (Å²) in [5.74, 6) is 0.150. The molecule has 1 aromatic carbocycles. The van der Waals surface area contributed by atoms with Gasteiger partial charge >= 0.3 is 0 Å². The van der Waals surface area contributed by atoms with Gasteiger partial charge in [0.25, 0.3) is 5.91 Å². The van der Waals surface area contributed by atoms with E-state index < -0.39 is 0 Å². The molecule has 1 saturated carbocycles. The molecule has 1 fully saturated rings. The van der Waals surface area contributed by atoms with Gasteiger partial charge < -0.3 is 15.8 Å². The molecule has 1 aliphatic carbocycles. The smallest absolute Gasteiger partial charge is 0.254 e. The van der Waals surface area contributed by atoms with E-state index in [1.807, 2.05) is 30.0 Å². The van der Waals surface area contributed by atoms with Crippen molar-refractivity contribution in [3.8, 4) is 0 Å². The Bertz CT molecular complexity index is 521. The van der Waals surface area contributed by atoms with Crippen LogP contribution in [0.1, 0.15) is 35.2 Å². The zero-order valence-corrected chi connectivity index (χ0v) is 12.9. The first-order chi connectivity index (χ1) is 9.51. The van der Waals surface area contributed by atoms with E-state index in [2.05, 4.69) is 21.1 Å². The third-order valence-electron chi connectivity index (χ3n) is 3.27. The fourth-order valence-corrected chi connectivity index (χ4v) is 2.75. The van der Waals surface area contributed by atoms with E-state index in [9.17, 15) is 4.79 Å². The maximum absolute atomic E-state index is 12.6. The quantitative estimate of drug-likeness (QED) is 0.374. The lowest BCUT2D eigenvalue weighted by Gasteiger charge is -2.22. The number of rotatable bonds is 5. The number of carbonyl (C=O) groups excluding carboxylic acids is 1. The molecule has 0 aliphatic heterocycles. The number of halogens is 1. The van der Waals surface area contributed by atoms with Crippen molar-refractivity contribution in [1.82, 2.24) is 4.90 Å². The summed E-state index contributed by atoms with van der Waals surface area (Å²) in [6, 6.07) is 5.96. The Labute approximate surface area is 126 Å². The Kier molecular flexibility index (Phi) is 4.65. The fraction of sp³-hybridized carbons (Fsp3) is 0.429. The van der Waals surface area contributed by atoms with Crippen molar-refractivity contribution < 1.29 is 10.0 Å². The molecule has 3 N–H and O–H groups in total. The molecular formula is C14H18BrN3O2. The molecule has 0 radical (unpaired) electrons. The molecule has 1 amide bonds. The summed E-state index contributed by atoms with van der Waals surface area (Å²) >= 11 is 3.41. The second-order valence-electron chi connectivity index (χ2n) is 5.09. The number of carbonyl (C=O) groups is 1. The topological polar surface area (TPSA) is 78.9 Å². The summed E-state index contributed by atoms with van der Waals surface area (Å²) in [4.78, 5) is 14.4. The molecule has 108 valence electrons. The molecule has 6 heteroatoms. The van der Waals surface area contributed by atoms with E-state index in [4.69, 9.17) is 10.9 Å². The monoisotopic (exact) mass is 339 g/mol. The largest absolute Gasteiger partial charge is 0.409 e. The van der Waals surface area contributed by atoms with Crippen molar-refractivity contribution in [2.45, 2.75) is 32.2 Å². The molecule has 0 atom stereocenters. The Hall–Kier alpha value is -1.56. The number of benzene rings is 1. The van der Waals surface area contributed by atoms with Gasteiger partial charge in [0, 0.05) is 29.0 Å². The summed E-state index contributed by atoms with van der Waals surface area (Å²) in [5.41, 5.74) is 7.19. The van der Waals surface area contributed by atoms with Crippen molar-refractivity contribution in [3.05, 3.63) is 33.8 Å². The predicted molar refractivity (Wildman–Crippen MR) is 81.0 cm³/mol. The van der Waals surface area contributed by atoms with Crippen molar-refractivity contribution >= 4 is 27.7 Å². The second kappa shape index (κ2) is 6.26. The van der Waals surface area contributed by atoms with Crippen LogP contribution in [-0.2, 0) is 0 Å². The molecule has 20 heavy (non-hydrogen) atoms. The van der Waals surface area contributed by atoms with Crippen molar-refractivity contribution in [2.75, 3.05) is 6.54 Å². The minimum Gasteiger partial charge on any atom is -0.409 e. The third-order valence-corrected chi connectivity index (χ3v) is 3.73. The number of hydrogen-bond acceptors (Lipinski definition) is 3. The Morgan fingerprint density at radius 2 is 2.20 bits per heavy atom. The van der Waals surface area contributed by atoms with E-state index in [0.29, 0.717) is 18.5 Å². The van der Waals surface area contributed by atoms with E-state index in [1.165, 1.54) is 0 Å². The highest BCUT2D eigenvalue weighted by atomic mass is 79.9. The van der Waals surface area contributed by atoms with Crippen LogP contribution in [0.2, 0.25) is 0 Å². The highest BCUT2D eigenvalue weighted by Gasteiger charge is 2.33. The van der Waals surface area contributed by atoms with Gasteiger partial charge in [0.05, 0.1) is 0 Å². The molecule has 1 aromatic rings. The van der Waals surface area contributed by atoms with Crippen molar-refractivity contribution in [2.24, 2.45) is 10.9 Å². The number of nitrogens with two attached hydrogens (primary N) is 1. The van der Waals surface area contributed by atoms with Crippen LogP contribution in [0, 0.1) is 6.92 Å². The summed E-state index contributed by atoms with van der Waals surface area (Å²) in [6.45, 7) is 2.43. The zero-order chi connectivity index (χ0) is 14.7. The van der Waals surface area contributed by atoms with Crippen molar-refractivity contribution in [3.63, 3.8) is 0 Å². The van der Waals surface area contributed by atoms with E-state index >= 15 is 0 Å². The molecule has 0 saturated heterocycles. The van der Waals surface area contributed by atoms with Gasteiger partial charge in [0.1, 0.15) is 5.84 Å². The number of amidine groups is 1. The SMILES string of the molecule is Cc1cc(Br)cc(C(=O)N(CC/C(N)=N/O)C2CC2)c1. The van der Waals surface area contributed by atoms with Crippen LogP contribution in [0.3, 0.4) is 0 Å². The molecule has 5 nitrogen and oxygen atoms in total. The second-order valence-corrected chi connectivity index (χ2v) is 6.00. The predicted octanol–water partition coefficient (Wildman–Crippen LogP) is 2.50. The minimum absolute atomic E-state index is 0.00244. The van der Waals surface area contributed by atoms with Gasteiger partial charge in [-0.1, -0.05) is 21.1 Å². The Morgan fingerprint density at radius 3 is 2.75 bits per heavy atom. The molecule has 0 unspecified atom stereocenters. The summed E-state index contributed by atoms with van der Waals surface area (Å²) in [7, 11) is 0. The Balaban J connectivity index is 2.14. The highest BCUT2D eigenvalue weighted by Crippen LogP contribution is 2.29. The number of oxime groups is 1. The average Bonchev–Trinajstić information content (AvgIpc) is 3.21. The first kappa shape index (κ1) is 14.8. The molecule has 0 aromatic heterocycles. The standard InChI is InChI=1S/C14H18BrN3O2/c1-9-6-10(8-11(15)7-9)14(19)18(12-2-3-12)5-4-13(16)17-20/h6-8,12,20H,2-5H2,1H3,(H2,16,17). The van der Waals surface area contributed by atoms with Crippen LogP contribution >= 0.6 is 15.9 Å². The van der Waals surface area contributed by atoms with Gasteiger partial charge in [-0.3, -0.25) is 4.79 Å². The third kappa shape index (κ3) is 3.72. The number of aryl methyl sites for hydroxylation is 1. The lowest BCUT2D eigenvalue weighted by atomic mass is 10.1. The van der Waals surface area contributed by atoms with Crippen LogP contribution in [0.5, 0.6) is 0 Å². The maximum atomic E-state index is 12.6. The fourth-order valence-electron chi connectivity index (χ4n) is 2.15. The molecule has 0 bridgehead atoms. The number of amides is 1. The molecule has 2 rings (SSSR count). The summed E-state index contributed by atoms with van der Waals surface area (Å²) in [5, 5.41) is 11.5. The highest BCUT2D eigenvalue weighted by molar-refractivity contribution is 9.10. The normalized spacial score (nSPS) is 15.2. The number of nitrogens with zero attached hydrogens (tertiary/aromatic N) is 2. The molecule has 1 aliphatic rings. The molecule has 0 spiro atoms. The van der Waals surface area contributed by atoms with E-state index in [-0.39, 0.29) is 17.8 Å². The van der Waals surface area contributed by atoms with Crippen LogP contribution in [0.4, 0.5) is 0 Å². The molecular weight excluding hydrogens is 322 g/mol. The number of hydrogen-bond donors (Lipinski definition) is 2. The van der Waals surface area contributed by atoms with Gasteiger partial charge in [-0.25, -0.2) is 0 Å². The zero-order valence-electron chi connectivity index (χ0n) is 11.3. The van der Waals surface area contributed by atoms with Crippen LogP contribution in [-0.4, -0.2) is 34.4 Å². The summed E-state index contributed by atoms with van der Waals surface area (Å²) in [6.07, 6.45) is 2.43. The Morgan fingerprint density at radius 1 is 1.50 bits per heavy atom. The minimum atomic E-state index is 0.00244. The lowest BCUT2D eigenvalue weighted by molar-refractivity contribution is 0.0747. The van der Waals surface area contributed by atoms with Gasteiger partial charge in [-0.15, -0.1) is 0 Å².